The Hall–Kier alpha value is -2.32. The molecule has 0 bridgehead atoms. The summed E-state index contributed by atoms with van der Waals surface area (Å²) in [5.41, 5.74) is 2.86. The average Bonchev–Trinajstić information content (AvgIpc) is 3.32. The molecule has 1 saturated heterocycles. The summed E-state index contributed by atoms with van der Waals surface area (Å²) in [6, 6.07) is 17.7. The second-order valence-corrected chi connectivity index (χ2v) is 11.1. The van der Waals surface area contributed by atoms with Gasteiger partial charge in [0.15, 0.2) is 15.0 Å². The van der Waals surface area contributed by atoms with Crippen LogP contribution in [-0.4, -0.2) is 58.1 Å². The third-order valence-electron chi connectivity index (χ3n) is 5.82. The van der Waals surface area contributed by atoms with Crippen LogP contribution in [0.15, 0.2) is 59.8 Å². The van der Waals surface area contributed by atoms with Gasteiger partial charge in [-0.05, 0) is 44.0 Å². The van der Waals surface area contributed by atoms with Gasteiger partial charge in [-0.2, -0.15) is 0 Å². The first-order valence-corrected chi connectivity index (χ1v) is 13.4. The van der Waals surface area contributed by atoms with E-state index in [9.17, 15) is 13.2 Å². The van der Waals surface area contributed by atoms with Gasteiger partial charge in [0.05, 0.1) is 28.3 Å². The predicted molar refractivity (Wildman–Crippen MR) is 125 cm³/mol. The number of rotatable bonds is 7. The Morgan fingerprint density at radius 1 is 1.19 bits per heavy atom. The van der Waals surface area contributed by atoms with Gasteiger partial charge in [-0.25, -0.2) is 13.4 Å². The molecule has 0 spiro atoms. The highest BCUT2D eigenvalue weighted by atomic mass is 32.2. The molecule has 2 aromatic carbocycles. The van der Waals surface area contributed by atoms with Crippen molar-refractivity contribution in [1.29, 1.82) is 0 Å². The molecule has 0 radical (unpaired) electrons. The van der Waals surface area contributed by atoms with E-state index in [1.54, 1.807) is 4.90 Å². The highest BCUT2D eigenvalue weighted by Gasteiger charge is 2.36. The topological polar surface area (TPSA) is 72.3 Å². The van der Waals surface area contributed by atoms with Crippen LogP contribution in [0.2, 0.25) is 0 Å². The minimum absolute atomic E-state index is 0.000611. The summed E-state index contributed by atoms with van der Waals surface area (Å²) in [5.74, 6) is 0.412. The van der Waals surface area contributed by atoms with Crippen molar-refractivity contribution in [1.82, 2.24) is 14.5 Å². The molecular weight excluding hydrogens is 430 g/mol. The third-order valence-corrected chi connectivity index (χ3v) is 8.50. The maximum Gasteiger partial charge on any atom is 0.233 e. The number of imidazole rings is 1. The number of sulfone groups is 1. The third kappa shape index (κ3) is 4.65. The molecule has 2 heterocycles. The first kappa shape index (κ1) is 21.9. The van der Waals surface area contributed by atoms with Gasteiger partial charge in [0.2, 0.25) is 5.91 Å². The van der Waals surface area contributed by atoms with Crippen LogP contribution in [0.1, 0.15) is 26.7 Å². The number of nitrogens with zero attached hydrogens (tertiary/aromatic N) is 3. The zero-order valence-corrected chi connectivity index (χ0v) is 19.4. The number of para-hydroxylation sites is 3. The normalized spacial score (nSPS) is 18.8. The van der Waals surface area contributed by atoms with Crippen molar-refractivity contribution < 1.29 is 13.2 Å². The molecule has 8 heteroatoms. The van der Waals surface area contributed by atoms with Crippen LogP contribution < -0.4 is 0 Å². The summed E-state index contributed by atoms with van der Waals surface area (Å²) in [7, 11) is -3.06. The van der Waals surface area contributed by atoms with Crippen LogP contribution >= 0.6 is 11.8 Å². The molecule has 1 aliphatic rings. The van der Waals surface area contributed by atoms with Crippen molar-refractivity contribution in [3.05, 3.63) is 54.6 Å². The van der Waals surface area contributed by atoms with Crippen LogP contribution in [0.5, 0.6) is 0 Å². The van der Waals surface area contributed by atoms with Gasteiger partial charge < -0.3 is 4.90 Å². The highest BCUT2D eigenvalue weighted by Crippen LogP contribution is 2.29. The van der Waals surface area contributed by atoms with Crippen LogP contribution in [0, 0.1) is 0 Å². The van der Waals surface area contributed by atoms with Gasteiger partial charge in [0.1, 0.15) is 0 Å². The van der Waals surface area contributed by atoms with Crippen molar-refractivity contribution >= 4 is 38.5 Å². The zero-order chi connectivity index (χ0) is 22.0. The fraction of sp³-hybridized carbons (Fsp3) is 0.391. The first-order valence-electron chi connectivity index (χ1n) is 10.6. The Bertz CT molecular complexity index is 1180. The number of carbonyl (C=O) groups is 1. The number of aromatic nitrogens is 2. The summed E-state index contributed by atoms with van der Waals surface area (Å²) in [4.78, 5) is 19.8. The van der Waals surface area contributed by atoms with E-state index >= 15 is 0 Å². The number of amides is 1. The Kier molecular flexibility index (Phi) is 6.39. The molecule has 2 atom stereocenters. The molecule has 1 aromatic heterocycles. The van der Waals surface area contributed by atoms with E-state index in [0.717, 1.165) is 28.3 Å². The number of carbonyl (C=O) groups excluding carboxylic acids is 1. The molecule has 1 aliphatic heterocycles. The van der Waals surface area contributed by atoms with Gasteiger partial charge in [-0.15, -0.1) is 0 Å². The first-order chi connectivity index (χ1) is 14.9. The number of fused-ring (bicyclic) bond motifs is 1. The minimum atomic E-state index is -3.06. The summed E-state index contributed by atoms with van der Waals surface area (Å²) < 4.78 is 26.1. The minimum Gasteiger partial charge on any atom is -0.335 e. The van der Waals surface area contributed by atoms with Gasteiger partial charge in [0, 0.05) is 17.8 Å². The van der Waals surface area contributed by atoms with Crippen LogP contribution in [0.3, 0.4) is 0 Å². The summed E-state index contributed by atoms with van der Waals surface area (Å²) in [5, 5.41) is 0.754. The zero-order valence-electron chi connectivity index (χ0n) is 17.8. The van der Waals surface area contributed by atoms with Crippen molar-refractivity contribution in [2.75, 3.05) is 17.3 Å². The predicted octanol–water partition coefficient (Wildman–Crippen LogP) is 3.93. The lowest BCUT2D eigenvalue weighted by Crippen LogP contribution is -2.47. The van der Waals surface area contributed by atoms with E-state index in [2.05, 4.69) is 4.57 Å². The number of thioether (sulfide) groups is 1. The van der Waals surface area contributed by atoms with Gasteiger partial charge >= 0.3 is 0 Å². The Labute approximate surface area is 187 Å². The van der Waals surface area contributed by atoms with E-state index in [4.69, 9.17) is 4.98 Å². The van der Waals surface area contributed by atoms with Crippen molar-refractivity contribution in [2.45, 2.75) is 43.9 Å². The van der Waals surface area contributed by atoms with E-state index in [0.29, 0.717) is 6.42 Å². The number of hydrogen-bond acceptors (Lipinski definition) is 5. The lowest BCUT2D eigenvalue weighted by Gasteiger charge is -2.33. The molecule has 3 aromatic rings. The average molecular weight is 458 g/mol. The highest BCUT2D eigenvalue weighted by molar-refractivity contribution is 7.99. The van der Waals surface area contributed by atoms with Crippen LogP contribution in [0.25, 0.3) is 16.7 Å². The molecule has 0 saturated carbocycles. The molecule has 4 rings (SSSR count). The van der Waals surface area contributed by atoms with Gasteiger partial charge in [-0.3, -0.25) is 9.36 Å². The summed E-state index contributed by atoms with van der Waals surface area (Å²) in [6.45, 7) is 4.02. The van der Waals surface area contributed by atoms with Crippen molar-refractivity contribution in [3.8, 4) is 5.69 Å². The number of hydrogen-bond donors (Lipinski definition) is 0. The van der Waals surface area contributed by atoms with E-state index < -0.39 is 9.84 Å². The summed E-state index contributed by atoms with van der Waals surface area (Å²) in [6.07, 6.45) is 1.31. The molecule has 1 amide bonds. The molecule has 0 N–H and O–H groups in total. The molecule has 6 nitrogen and oxygen atoms in total. The second-order valence-electron chi connectivity index (χ2n) is 7.96. The monoisotopic (exact) mass is 457 g/mol. The lowest BCUT2D eigenvalue weighted by atomic mass is 10.1. The maximum atomic E-state index is 13.3. The van der Waals surface area contributed by atoms with Crippen molar-refractivity contribution in [3.63, 3.8) is 0 Å². The molecule has 2 unspecified atom stereocenters. The van der Waals surface area contributed by atoms with Crippen LogP contribution in [0.4, 0.5) is 0 Å². The molecule has 164 valence electrons. The fourth-order valence-electron chi connectivity index (χ4n) is 4.13. The standard InChI is InChI=1S/C23H27N3O3S2/c1-3-17(2)25(19-13-14-31(28,29)16-19)22(27)15-30-23-24-20-11-7-8-12-21(20)26(23)18-9-5-4-6-10-18/h4-12,17,19H,3,13-16H2,1-2H3. The van der Waals surface area contributed by atoms with E-state index in [1.165, 1.54) is 11.8 Å². The van der Waals surface area contributed by atoms with Crippen molar-refractivity contribution in [2.24, 2.45) is 0 Å². The lowest BCUT2D eigenvalue weighted by molar-refractivity contribution is -0.132. The largest absolute Gasteiger partial charge is 0.335 e. The van der Waals surface area contributed by atoms with E-state index in [1.807, 2.05) is 68.4 Å². The SMILES string of the molecule is CCC(C)N(C(=O)CSc1nc2ccccc2n1-c1ccccc1)C1CCS(=O)(=O)C1. The molecular formula is C23H27N3O3S2. The van der Waals surface area contributed by atoms with Gasteiger partial charge in [-0.1, -0.05) is 49.0 Å². The molecule has 31 heavy (non-hydrogen) atoms. The summed E-state index contributed by atoms with van der Waals surface area (Å²) >= 11 is 1.40. The Morgan fingerprint density at radius 3 is 2.58 bits per heavy atom. The van der Waals surface area contributed by atoms with Crippen LogP contribution in [-0.2, 0) is 14.6 Å². The Balaban J connectivity index is 1.60. The van der Waals surface area contributed by atoms with E-state index in [-0.39, 0.29) is 35.2 Å². The Morgan fingerprint density at radius 2 is 1.90 bits per heavy atom. The number of benzene rings is 2. The fourth-order valence-corrected chi connectivity index (χ4v) is 6.74. The smallest absolute Gasteiger partial charge is 0.233 e. The van der Waals surface area contributed by atoms with Gasteiger partial charge in [0.25, 0.3) is 0 Å². The quantitative estimate of drug-likeness (QED) is 0.503. The maximum absolute atomic E-state index is 13.3. The molecule has 0 aliphatic carbocycles. The molecule has 1 fully saturated rings. The second kappa shape index (κ2) is 9.04.